The van der Waals surface area contributed by atoms with Gasteiger partial charge in [-0.3, -0.25) is 9.59 Å². The van der Waals surface area contributed by atoms with Gasteiger partial charge in [0.15, 0.2) is 0 Å². The van der Waals surface area contributed by atoms with Gasteiger partial charge in [-0.15, -0.1) is 0 Å². The maximum Gasteiger partial charge on any atom is 0.307 e. The summed E-state index contributed by atoms with van der Waals surface area (Å²) in [5.41, 5.74) is 5.98. The number of ether oxygens (including phenoxy) is 1. The zero-order valence-corrected chi connectivity index (χ0v) is 20.7. The number of nitrogens with zero attached hydrogens (tertiary/aromatic N) is 2. The highest BCUT2D eigenvalue weighted by Gasteiger charge is 2.40. The van der Waals surface area contributed by atoms with Crippen molar-refractivity contribution in [3.63, 3.8) is 0 Å². The number of esters is 1. The van der Waals surface area contributed by atoms with E-state index in [4.69, 9.17) is 22.1 Å². The van der Waals surface area contributed by atoms with Gasteiger partial charge in [0.1, 0.15) is 0 Å². The number of piperazine rings is 1. The van der Waals surface area contributed by atoms with Crippen LogP contribution in [0.3, 0.4) is 0 Å². The summed E-state index contributed by atoms with van der Waals surface area (Å²) in [6, 6.07) is 9.73. The molecule has 2 fully saturated rings. The molecule has 1 unspecified atom stereocenters. The number of rotatable bonds is 5. The van der Waals surface area contributed by atoms with Gasteiger partial charge >= 0.3 is 5.97 Å². The van der Waals surface area contributed by atoms with Crippen molar-refractivity contribution in [2.45, 2.75) is 49.1 Å². The van der Waals surface area contributed by atoms with Crippen LogP contribution in [0.2, 0.25) is 5.02 Å². The predicted octanol–water partition coefficient (Wildman–Crippen LogP) is 2.78. The van der Waals surface area contributed by atoms with E-state index in [1.807, 2.05) is 0 Å². The number of sulfonamides is 1. The number of carbonyl (C=O) groups is 2. The summed E-state index contributed by atoms with van der Waals surface area (Å²) in [6.07, 6.45) is 2.95. The second-order valence-corrected chi connectivity index (χ2v) is 11.5. The Morgan fingerprint density at radius 1 is 1.06 bits per heavy atom. The third kappa shape index (κ3) is 5.22. The summed E-state index contributed by atoms with van der Waals surface area (Å²) in [5.74, 6) is -0.647. The van der Waals surface area contributed by atoms with Crippen LogP contribution in [-0.2, 0) is 24.3 Å². The van der Waals surface area contributed by atoms with Crippen LogP contribution in [-0.4, -0.2) is 68.3 Å². The van der Waals surface area contributed by atoms with Crippen LogP contribution in [0.1, 0.15) is 32.1 Å². The van der Waals surface area contributed by atoms with Crippen molar-refractivity contribution >= 4 is 44.3 Å². The molecule has 10 heteroatoms. The minimum absolute atomic E-state index is 0.0274. The van der Waals surface area contributed by atoms with Gasteiger partial charge in [0, 0.05) is 36.6 Å². The lowest BCUT2D eigenvalue weighted by molar-refractivity contribution is -0.147. The van der Waals surface area contributed by atoms with E-state index in [2.05, 4.69) is 0 Å². The maximum absolute atomic E-state index is 13.5. The first-order chi connectivity index (χ1) is 16.2. The minimum atomic E-state index is -3.83. The highest BCUT2D eigenvalue weighted by molar-refractivity contribution is 7.89. The molecular formula is C24H30ClN3O5S. The molecule has 2 aromatic carbocycles. The van der Waals surface area contributed by atoms with E-state index in [9.17, 15) is 18.0 Å². The SMILES string of the molecule is COC(=O)CC1CN(S(=O)(=O)c2ccc3cc(Cl)ccc3c2)CCN1C(=O)C1CCC(N)CC1. The summed E-state index contributed by atoms with van der Waals surface area (Å²) < 4.78 is 33.1. The summed E-state index contributed by atoms with van der Waals surface area (Å²) in [4.78, 5) is 27.2. The van der Waals surface area contributed by atoms with Crippen LogP contribution in [0.15, 0.2) is 41.3 Å². The normalized spacial score (nSPS) is 24.2. The van der Waals surface area contributed by atoms with Crippen LogP contribution in [0, 0.1) is 5.92 Å². The number of methoxy groups -OCH3 is 1. The number of hydrogen-bond donors (Lipinski definition) is 1. The molecular weight excluding hydrogens is 478 g/mol. The maximum atomic E-state index is 13.5. The number of halogens is 1. The fourth-order valence-corrected chi connectivity index (χ4v) is 6.58. The summed E-state index contributed by atoms with van der Waals surface area (Å²) >= 11 is 6.04. The highest BCUT2D eigenvalue weighted by Crippen LogP contribution is 2.30. The van der Waals surface area contributed by atoms with Gasteiger partial charge in [-0.25, -0.2) is 8.42 Å². The van der Waals surface area contributed by atoms with E-state index >= 15 is 0 Å². The Morgan fingerprint density at radius 2 is 1.74 bits per heavy atom. The molecule has 0 bridgehead atoms. The molecule has 8 nitrogen and oxygen atoms in total. The first kappa shape index (κ1) is 24.9. The molecule has 1 saturated carbocycles. The molecule has 1 saturated heterocycles. The lowest BCUT2D eigenvalue weighted by atomic mass is 9.85. The number of carbonyl (C=O) groups excluding carboxylic acids is 2. The molecule has 1 aliphatic heterocycles. The van der Waals surface area contributed by atoms with Gasteiger partial charge < -0.3 is 15.4 Å². The third-order valence-corrected chi connectivity index (χ3v) is 8.99. The Morgan fingerprint density at radius 3 is 2.44 bits per heavy atom. The lowest BCUT2D eigenvalue weighted by Crippen LogP contribution is -2.58. The Hall–Kier alpha value is -2.20. The topological polar surface area (TPSA) is 110 Å². The van der Waals surface area contributed by atoms with Gasteiger partial charge in [0.2, 0.25) is 15.9 Å². The standard InChI is InChI=1S/C24H30ClN3O5S/c1-33-23(29)14-21-15-27(10-11-28(21)24(30)16-3-7-20(26)8-4-16)34(31,32)22-9-5-17-12-19(25)6-2-18(17)13-22/h2,5-6,9,12-13,16,20-21H,3-4,7-8,10-11,14-15,26H2,1H3. The molecule has 0 radical (unpaired) electrons. The van der Waals surface area contributed by atoms with E-state index < -0.39 is 22.0 Å². The zero-order chi connectivity index (χ0) is 24.5. The number of nitrogens with two attached hydrogens (primary N) is 1. The molecule has 1 atom stereocenters. The average molecular weight is 508 g/mol. The molecule has 34 heavy (non-hydrogen) atoms. The van der Waals surface area contributed by atoms with E-state index in [0.29, 0.717) is 17.9 Å². The largest absolute Gasteiger partial charge is 0.469 e. The quantitative estimate of drug-likeness (QED) is 0.623. The second kappa shape index (κ2) is 10.2. The Kier molecular flexibility index (Phi) is 7.47. The summed E-state index contributed by atoms with van der Waals surface area (Å²) in [5, 5.41) is 2.19. The first-order valence-electron chi connectivity index (χ1n) is 11.5. The number of fused-ring (bicyclic) bond motifs is 1. The van der Waals surface area contributed by atoms with Crippen LogP contribution in [0.25, 0.3) is 10.8 Å². The fourth-order valence-electron chi connectivity index (χ4n) is 4.89. The number of hydrogen-bond acceptors (Lipinski definition) is 6. The molecule has 2 N–H and O–H groups in total. The molecule has 184 valence electrons. The van der Waals surface area contributed by atoms with Gasteiger partial charge in [-0.1, -0.05) is 23.7 Å². The summed E-state index contributed by atoms with van der Waals surface area (Å²) in [6.45, 7) is 0.427. The van der Waals surface area contributed by atoms with Crippen molar-refractivity contribution in [1.29, 1.82) is 0 Å². The smallest absolute Gasteiger partial charge is 0.307 e. The third-order valence-electron chi connectivity index (χ3n) is 6.89. The number of amides is 1. The Labute approximate surface area is 205 Å². The van der Waals surface area contributed by atoms with Crippen LogP contribution < -0.4 is 5.73 Å². The van der Waals surface area contributed by atoms with E-state index in [1.165, 1.54) is 11.4 Å². The predicted molar refractivity (Wildman–Crippen MR) is 130 cm³/mol. The monoisotopic (exact) mass is 507 g/mol. The van der Waals surface area contributed by atoms with Gasteiger partial charge in [-0.2, -0.15) is 4.31 Å². The van der Waals surface area contributed by atoms with Crippen molar-refractivity contribution in [3.8, 4) is 0 Å². The van der Waals surface area contributed by atoms with Crippen molar-refractivity contribution < 1.29 is 22.7 Å². The Bertz CT molecular complexity index is 1180. The van der Waals surface area contributed by atoms with E-state index in [-0.39, 0.29) is 48.8 Å². The molecule has 4 rings (SSSR count). The first-order valence-corrected chi connectivity index (χ1v) is 13.3. The fraction of sp³-hybridized carbons (Fsp3) is 0.500. The minimum Gasteiger partial charge on any atom is -0.469 e. The Balaban J connectivity index is 1.56. The second-order valence-electron chi connectivity index (χ2n) is 9.09. The van der Waals surface area contributed by atoms with Crippen LogP contribution in [0.4, 0.5) is 0 Å². The van der Waals surface area contributed by atoms with Crippen molar-refractivity contribution in [1.82, 2.24) is 9.21 Å². The van der Waals surface area contributed by atoms with E-state index in [1.54, 1.807) is 41.3 Å². The molecule has 2 aromatic rings. The highest BCUT2D eigenvalue weighted by atomic mass is 35.5. The molecule has 1 aliphatic carbocycles. The van der Waals surface area contributed by atoms with Crippen LogP contribution in [0.5, 0.6) is 0 Å². The van der Waals surface area contributed by atoms with Gasteiger partial charge in [-0.05, 0) is 60.7 Å². The van der Waals surface area contributed by atoms with E-state index in [0.717, 1.165) is 23.6 Å². The van der Waals surface area contributed by atoms with Gasteiger partial charge in [0.25, 0.3) is 0 Å². The van der Waals surface area contributed by atoms with Crippen molar-refractivity contribution in [3.05, 3.63) is 41.4 Å². The molecule has 1 heterocycles. The molecule has 0 spiro atoms. The molecule has 1 amide bonds. The van der Waals surface area contributed by atoms with Gasteiger partial charge in [0.05, 0.1) is 24.5 Å². The van der Waals surface area contributed by atoms with Crippen molar-refractivity contribution in [2.24, 2.45) is 11.7 Å². The van der Waals surface area contributed by atoms with Crippen molar-refractivity contribution in [2.75, 3.05) is 26.7 Å². The molecule has 2 aliphatic rings. The molecule has 0 aromatic heterocycles. The summed E-state index contributed by atoms with van der Waals surface area (Å²) in [7, 11) is -2.54. The lowest BCUT2D eigenvalue weighted by Gasteiger charge is -2.42. The zero-order valence-electron chi connectivity index (χ0n) is 19.2. The average Bonchev–Trinajstić information content (AvgIpc) is 2.83. The van der Waals surface area contributed by atoms with Crippen LogP contribution >= 0.6 is 11.6 Å². The number of benzene rings is 2.